The lowest BCUT2D eigenvalue weighted by atomic mass is 10.1. The quantitative estimate of drug-likeness (QED) is 0.817. The van der Waals surface area contributed by atoms with Crippen LogP contribution in [0, 0.1) is 0 Å². The van der Waals surface area contributed by atoms with E-state index >= 15 is 0 Å². The van der Waals surface area contributed by atoms with Gasteiger partial charge >= 0.3 is 11.9 Å². The second-order valence-corrected chi connectivity index (χ2v) is 5.73. The number of carbonyl (C=O) groups is 2. The molecule has 0 bridgehead atoms. The molecule has 0 atom stereocenters. The summed E-state index contributed by atoms with van der Waals surface area (Å²) in [5.41, 5.74) is -0.755. The zero-order valence-corrected chi connectivity index (χ0v) is 10.4. The van der Waals surface area contributed by atoms with Gasteiger partial charge in [-0.2, -0.15) is 0 Å². The largest absolute Gasteiger partial charge is 0.478 e. The maximum Gasteiger partial charge on any atom is 0.337 e. The van der Waals surface area contributed by atoms with E-state index in [9.17, 15) is 18.0 Å². The molecule has 0 heterocycles. The van der Waals surface area contributed by atoms with Crippen molar-refractivity contribution in [2.45, 2.75) is 4.90 Å². The number of carboxylic acids is 2. The van der Waals surface area contributed by atoms with Crippen LogP contribution in [0.5, 0.6) is 0 Å². The van der Waals surface area contributed by atoms with Gasteiger partial charge in [0.15, 0.2) is 0 Å². The monoisotopic (exact) mass is 273 g/mol. The van der Waals surface area contributed by atoms with Crippen LogP contribution in [0.3, 0.4) is 0 Å². The van der Waals surface area contributed by atoms with Crippen molar-refractivity contribution in [2.24, 2.45) is 0 Å². The molecule has 0 radical (unpaired) electrons. The molecule has 8 heteroatoms. The third kappa shape index (κ3) is 2.49. The average molecular weight is 273 g/mol. The molecule has 98 valence electrons. The molecule has 1 rings (SSSR count). The van der Waals surface area contributed by atoms with Crippen LogP contribution in [-0.2, 0) is 10.0 Å². The SMILES string of the molecule is CN(C)S(=O)(=O)c1cc(C(=O)O)ccc1C(=O)O. The third-order valence-electron chi connectivity index (χ3n) is 2.22. The summed E-state index contributed by atoms with van der Waals surface area (Å²) in [6, 6.07) is 2.84. The molecule has 1 aromatic rings. The Morgan fingerprint density at radius 2 is 1.67 bits per heavy atom. The zero-order chi connectivity index (χ0) is 14.1. The van der Waals surface area contributed by atoms with Crippen LogP contribution in [0.25, 0.3) is 0 Å². The first-order chi connectivity index (χ1) is 8.17. The molecule has 0 saturated heterocycles. The summed E-state index contributed by atoms with van der Waals surface area (Å²) in [4.78, 5) is 21.2. The van der Waals surface area contributed by atoms with Crippen LogP contribution in [0.1, 0.15) is 20.7 Å². The first kappa shape index (κ1) is 14.1. The molecule has 0 unspecified atom stereocenters. The van der Waals surface area contributed by atoms with E-state index in [0.717, 1.165) is 22.5 Å². The minimum Gasteiger partial charge on any atom is -0.478 e. The van der Waals surface area contributed by atoms with Crippen molar-refractivity contribution in [1.29, 1.82) is 0 Å². The number of aromatic carboxylic acids is 2. The highest BCUT2D eigenvalue weighted by atomic mass is 32.2. The molecule has 18 heavy (non-hydrogen) atoms. The molecule has 2 N–H and O–H groups in total. The topological polar surface area (TPSA) is 112 Å². The van der Waals surface area contributed by atoms with Crippen LogP contribution in [0.4, 0.5) is 0 Å². The molecule has 0 spiro atoms. The van der Waals surface area contributed by atoms with Gasteiger partial charge in [-0.15, -0.1) is 0 Å². The Kier molecular flexibility index (Phi) is 3.73. The second-order valence-electron chi connectivity index (χ2n) is 3.61. The van der Waals surface area contributed by atoms with Gasteiger partial charge in [0.2, 0.25) is 10.0 Å². The molecule has 0 aliphatic heterocycles. The number of nitrogens with zero attached hydrogens (tertiary/aromatic N) is 1. The van der Waals surface area contributed by atoms with E-state index in [4.69, 9.17) is 10.2 Å². The Bertz CT molecular complexity index is 605. The van der Waals surface area contributed by atoms with Gasteiger partial charge in [0.1, 0.15) is 0 Å². The van der Waals surface area contributed by atoms with Crippen molar-refractivity contribution in [3.63, 3.8) is 0 Å². The van der Waals surface area contributed by atoms with E-state index < -0.39 is 32.4 Å². The predicted octanol–water partition coefficient (Wildman–Crippen LogP) is 0.333. The van der Waals surface area contributed by atoms with Gasteiger partial charge in [0.05, 0.1) is 16.0 Å². The molecular formula is C10H11NO6S. The number of benzene rings is 1. The van der Waals surface area contributed by atoms with Gasteiger partial charge in [0.25, 0.3) is 0 Å². The smallest absolute Gasteiger partial charge is 0.337 e. The Morgan fingerprint density at radius 3 is 2.06 bits per heavy atom. The summed E-state index contributed by atoms with van der Waals surface area (Å²) in [5, 5.41) is 17.7. The van der Waals surface area contributed by atoms with Crippen LogP contribution in [0.15, 0.2) is 23.1 Å². The maximum atomic E-state index is 11.9. The van der Waals surface area contributed by atoms with E-state index in [0.29, 0.717) is 0 Å². The van der Waals surface area contributed by atoms with E-state index in [1.54, 1.807) is 0 Å². The summed E-state index contributed by atoms with van der Waals surface area (Å²) in [6.45, 7) is 0. The van der Waals surface area contributed by atoms with Gasteiger partial charge < -0.3 is 10.2 Å². The van der Waals surface area contributed by atoms with Crippen LogP contribution in [0.2, 0.25) is 0 Å². The molecular weight excluding hydrogens is 262 g/mol. The standard InChI is InChI=1S/C10H11NO6S/c1-11(2)18(16,17)8-5-6(9(12)13)3-4-7(8)10(14)15/h3-5H,1-2H3,(H,12,13)(H,14,15). The van der Waals surface area contributed by atoms with Gasteiger partial charge in [-0.05, 0) is 18.2 Å². The normalized spacial score (nSPS) is 11.5. The maximum absolute atomic E-state index is 11.9. The Morgan fingerprint density at radius 1 is 1.11 bits per heavy atom. The molecule has 0 aromatic heterocycles. The van der Waals surface area contributed by atoms with Crippen molar-refractivity contribution in [1.82, 2.24) is 4.31 Å². The number of sulfonamides is 1. The minimum absolute atomic E-state index is 0.291. The average Bonchev–Trinajstić information content (AvgIpc) is 2.27. The van der Waals surface area contributed by atoms with E-state index in [1.807, 2.05) is 0 Å². The molecule has 0 amide bonds. The number of rotatable bonds is 4. The van der Waals surface area contributed by atoms with Crippen LogP contribution in [-0.4, -0.2) is 49.0 Å². The molecule has 0 aliphatic carbocycles. The third-order valence-corrected chi connectivity index (χ3v) is 4.07. The Balaban J connectivity index is 3.62. The fourth-order valence-electron chi connectivity index (χ4n) is 1.24. The predicted molar refractivity (Wildman–Crippen MR) is 61.2 cm³/mol. The van der Waals surface area contributed by atoms with Gasteiger partial charge in [-0.25, -0.2) is 22.3 Å². The van der Waals surface area contributed by atoms with Crippen LogP contribution < -0.4 is 0 Å². The van der Waals surface area contributed by atoms with E-state index in [2.05, 4.69) is 0 Å². The lowest BCUT2D eigenvalue weighted by molar-refractivity contribution is 0.0677. The lowest BCUT2D eigenvalue weighted by Gasteiger charge is -2.13. The van der Waals surface area contributed by atoms with Gasteiger partial charge in [-0.3, -0.25) is 0 Å². The molecule has 7 nitrogen and oxygen atoms in total. The van der Waals surface area contributed by atoms with Crippen molar-refractivity contribution < 1.29 is 28.2 Å². The van der Waals surface area contributed by atoms with Crippen molar-refractivity contribution >= 4 is 22.0 Å². The van der Waals surface area contributed by atoms with Crippen molar-refractivity contribution in [3.8, 4) is 0 Å². The Labute approximate surface area is 103 Å². The summed E-state index contributed by atoms with van der Waals surface area (Å²) in [6.07, 6.45) is 0. The highest BCUT2D eigenvalue weighted by Crippen LogP contribution is 2.20. The summed E-state index contributed by atoms with van der Waals surface area (Å²) < 4.78 is 24.6. The summed E-state index contributed by atoms with van der Waals surface area (Å²) in [7, 11) is -1.56. The Hall–Kier alpha value is -1.93. The minimum atomic E-state index is -4.02. The lowest BCUT2D eigenvalue weighted by Crippen LogP contribution is -2.24. The van der Waals surface area contributed by atoms with E-state index in [1.165, 1.54) is 14.1 Å². The van der Waals surface area contributed by atoms with Gasteiger partial charge in [-0.1, -0.05) is 0 Å². The van der Waals surface area contributed by atoms with Gasteiger partial charge in [0, 0.05) is 14.1 Å². The number of carboxylic acid groups (broad SMARTS) is 2. The first-order valence-electron chi connectivity index (χ1n) is 4.71. The molecule has 1 aromatic carbocycles. The van der Waals surface area contributed by atoms with Crippen LogP contribution >= 0.6 is 0 Å². The highest BCUT2D eigenvalue weighted by Gasteiger charge is 2.25. The van der Waals surface area contributed by atoms with E-state index in [-0.39, 0.29) is 5.56 Å². The van der Waals surface area contributed by atoms with Crippen molar-refractivity contribution in [3.05, 3.63) is 29.3 Å². The second kappa shape index (κ2) is 4.75. The summed E-state index contributed by atoms with van der Waals surface area (Å²) >= 11 is 0. The first-order valence-corrected chi connectivity index (χ1v) is 6.15. The summed E-state index contributed by atoms with van der Waals surface area (Å²) in [5.74, 6) is -2.77. The fourth-order valence-corrected chi connectivity index (χ4v) is 2.34. The van der Waals surface area contributed by atoms with Crippen molar-refractivity contribution in [2.75, 3.05) is 14.1 Å². The molecule has 0 saturated carbocycles. The number of hydrogen-bond acceptors (Lipinski definition) is 4. The molecule has 0 fully saturated rings. The highest BCUT2D eigenvalue weighted by molar-refractivity contribution is 7.89. The fraction of sp³-hybridized carbons (Fsp3) is 0.200. The number of hydrogen-bond donors (Lipinski definition) is 2. The molecule has 0 aliphatic rings. The zero-order valence-electron chi connectivity index (χ0n) is 9.61.